The smallest absolute Gasteiger partial charge is 0.274 e. The Bertz CT molecular complexity index is 568. The van der Waals surface area contributed by atoms with E-state index in [0.29, 0.717) is 5.69 Å². The van der Waals surface area contributed by atoms with Crippen LogP contribution in [0.15, 0.2) is 16.9 Å². The number of ether oxygens (including phenoxy) is 1. The topological polar surface area (TPSA) is 78.5 Å². The Hall–Kier alpha value is -1.38. The van der Waals surface area contributed by atoms with Crippen molar-refractivity contribution in [3.63, 3.8) is 0 Å². The number of hydrogen-bond acceptors (Lipinski definition) is 6. The summed E-state index contributed by atoms with van der Waals surface area (Å²) in [7, 11) is 0. The molecule has 2 aliphatic heterocycles. The van der Waals surface area contributed by atoms with Crippen molar-refractivity contribution in [3.05, 3.63) is 28.2 Å². The van der Waals surface area contributed by atoms with E-state index in [1.54, 1.807) is 0 Å². The number of nitrogens with zero attached hydrogens (tertiary/aromatic N) is 3. The molecule has 1 amide bonds. The van der Waals surface area contributed by atoms with E-state index in [1.165, 1.54) is 12.1 Å². The fourth-order valence-corrected chi connectivity index (χ4v) is 4.00. The first kappa shape index (κ1) is 16.5. The van der Waals surface area contributed by atoms with Crippen LogP contribution in [0.25, 0.3) is 0 Å². The highest BCUT2D eigenvalue weighted by Crippen LogP contribution is 2.19. The standard InChI is InChI=1S/C15H22N4O3S/c20-14-3-2-13(16-17-14)15(21)19-4-1-9-23-11-12(19)10-18-5-7-22-8-6-18/h2-3,12H,1,4-11H2,(H,17,20). The average Bonchev–Trinajstić information content (AvgIpc) is 2.81. The summed E-state index contributed by atoms with van der Waals surface area (Å²) in [6.45, 7) is 4.96. The SMILES string of the molecule is O=C(c1ccc(=O)[nH]n1)N1CCCSCC1CN1CCOCC1. The van der Waals surface area contributed by atoms with Crippen LogP contribution in [0.5, 0.6) is 0 Å². The third-order valence-corrected chi connectivity index (χ3v) is 5.37. The normalized spacial score (nSPS) is 23.5. The quantitative estimate of drug-likeness (QED) is 0.839. The van der Waals surface area contributed by atoms with Crippen LogP contribution in [0.4, 0.5) is 0 Å². The first-order chi connectivity index (χ1) is 11.2. The van der Waals surface area contributed by atoms with E-state index in [-0.39, 0.29) is 17.5 Å². The fraction of sp³-hybridized carbons (Fsp3) is 0.667. The first-order valence-electron chi connectivity index (χ1n) is 7.98. The van der Waals surface area contributed by atoms with Gasteiger partial charge in [0.05, 0.1) is 19.3 Å². The maximum atomic E-state index is 12.8. The van der Waals surface area contributed by atoms with Crippen LogP contribution in [0, 0.1) is 0 Å². The van der Waals surface area contributed by atoms with Gasteiger partial charge in [0.1, 0.15) is 5.69 Å². The summed E-state index contributed by atoms with van der Waals surface area (Å²) in [6, 6.07) is 3.02. The zero-order chi connectivity index (χ0) is 16.1. The molecule has 2 aliphatic rings. The molecule has 0 aromatic carbocycles. The van der Waals surface area contributed by atoms with Gasteiger partial charge in [0.25, 0.3) is 11.5 Å². The number of carbonyl (C=O) groups excluding carboxylic acids is 1. The third kappa shape index (κ3) is 4.33. The molecule has 0 bridgehead atoms. The Morgan fingerprint density at radius 1 is 1.35 bits per heavy atom. The highest BCUT2D eigenvalue weighted by molar-refractivity contribution is 7.99. The molecule has 3 rings (SSSR count). The summed E-state index contributed by atoms with van der Waals surface area (Å²) >= 11 is 1.90. The lowest BCUT2D eigenvalue weighted by Gasteiger charge is -2.35. The zero-order valence-electron chi connectivity index (χ0n) is 13.1. The van der Waals surface area contributed by atoms with Crippen LogP contribution < -0.4 is 5.56 Å². The summed E-state index contributed by atoms with van der Waals surface area (Å²) in [6.07, 6.45) is 0.985. The van der Waals surface area contributed by atoms with Crippen molar-refractivity contribution in [2.75, 3.05) is 50.9 Å². The van der Waals surface area contributed by atoms with Gasteiger partial charge in [-0.3, -0.25) is 14.5 Å². The van der Waals surface area contributed by atoms with Gasteiger partial charge >= 0.3 is 0 Å². The van der Waals surface area contributed by atoms with Crippen LogP contribution in [-0.2, 0) is 4.74 Å². The fourth-order valence-electron chi connectivity index (χ4n) is 2.94. The van der Waals surface area contributed by atoms with Crippen molar-refractivity contribution in [2.24, 2.45) is 0 Å². The van der Waals surface area contributed by atoms with Crippen LogP contribution in [-0.4, -0.2) is 82.8 Å². The number of aromatic nitrogens is 2. The molecule has 0 saturated carbocycles. The summed E-state index contributed by atoms with van der Waals surface area (Å²) in [5.41, 5.74) is 0.0151. The highest BCUT2D eigenvalue weighted by atomic mass is 32.2. The van der Waals surface area contributed by atoms with Gasteiger partial charge in [0.15, 0.2) is 0 Å². The number of morpholine rings is 1. The monoisotopic (exact) mass is 338 g/mol. The Labute approximate surface area is 139 Å². The number of hydrogen-bond donors (Lipinski definition) is 1. The van der Waals surface area contributed by atoms with Crippen molar-refractivity contribution < 1.29 is 9.53 Å². The Morgan fingerprint density at radius 3 is 2.91 bits per heavy atom. The van der Waals surface area contributed by atoms with E-state index in [0.717, 1.165) is 57.3 Å². The minimum Gasteiger partial charge on any atom is -0.379 e. The van der Waals surface area contributed by atoms with Gasteiger partial charge in [-0.25, -0.2) is 5.10 Å². The molecule has 0 aliphatic carbocycles. The molecule has 2 fully saturated rings. The number of rotatable bonds is 3. The minimum absolute atomic E-state index is 0.0954. The predicted molar refractivity (Wildman–Crippen MR) is 88.9 cm³/mol. The molecule has 8 heteroatoms. The van der Waals surface area contributed by atoms with Gasteiger partial charge in [0, 0.05) is 38.0 Å². The van der Waals surface area contributed by atoms with Gasteiger partial charge in [-0.1, -0.05) is 0 Å². The van der Waals surface area contributed by atoms with E-state index in [9.17, 15) is 9.59 Å². The zero-order valence-corrected chi connectivity index (χ0v) is 13.9. The molecule has 1 aromatic rings. The van der Waals surface area contributed by atoms with Crippen molar-refractivity contribution in [1.29, 1.82) is 0 Å². The Kier molecular flexibility index (Phi) is 5.69. The van der Waals surface area contributed by atoms with Gasteiger partial charge in [-0.2, -0.15) is 16.9 Å². The Balaban J connectivity index is 1.73. The van der Waals surface area contributed by atoms with Gasteiger partial charge in [0.2, 0.25) is 0 Å². The predicted octanol–water partition coefficient (Wildman–Crippen LogP) is 0.0498. The lowest BCUT2D eigenvalue weighted by Crippen LogP contribution is -2.50. The van der Waals surface area contributed by atoms with Crippen LogP contribution in [0.3, 0.4) is 0 Å². The summed E-state index contributed by atoms with van der Waals surface area (Å²) in [5, 5.41) is 6.24. The molecular formula is C15H22N4O3S. The Morgan fingerprint density at radius 2 is 2.17 bits per heavy atom. The summed E-state index contributed by atoms with van der Waals surface area (Å²) in [4.78, 5) is 28.2. The maximum Gasteiger partial charge on any atom is 0.274 e. The highest BCUT2D eigenvalue weighted by Gasteiger charge is 2.29. The second kappa shape index (κ2) is 7.94. The van der Waals surface area contributed by atoms with Crippen molar-refractivity contribution in [3.8, 4) is 0 Å². The number of H-pyrrole nitrogens is 1. The van der Waals surface area contributed by atoms with Crippen molar-refractivity contribution >= 4 is 17.7 Å². The molecule has 1 atom stereocenters. The van der Waals surface area contributed by atoms with Crippen molar-refractivity contribution in [2.45, 2.75) is 12.5 Å². The molecule has 0 radical (unpaired) electrons. The number of thioether (sulfide) groups is 1. The lowest BCUT2D eigenvalue weighted by molar-refractivity contribution is 0.0243. The number of amides is 1. The van der Waals surface area contributed by atoms with E-state index in [4.69, 9.17) is 4.74 Å². The third-order valence-electron chi connectivity index (χ3n) is 4.17. The molecule has 23 heavy (non-hydrogen) atoms. The summed E-state index contributed by atoms with van der Waals surface area (Å²) in [5.74, 6) is 1.91. The van der Waals surface area contributed by atoms with Gasteiger partial charge < -0.3 is 9.64 Å². The number of carbonyl (C=O) groups is 1. The van der Waals surface area contributed by atoms with Crippen LogP contribution in [0.1, 0.15) is 16.9 Å². The minimum atomic E-state index is -0.294. The second-order valence-electron chi connectivity index (χ2n) is 5.80. The molecule has 2 saturated heterocycles. The molecule has 3 heterocycles. The van der Waals surface area contributed by atoms with E-state index in [1.807, 2.05) is 16.7 Å². The number of aromatic amines is 1. The molecule has 126 valence electrons. The van der Waals surface area contributed by atoms with Gasteiger partial charge in [-0.15, -0.1) is 0 Å². The maximum absolute atomic E-state index is 12.8. The largest absolute Gasteiger partial charge is 0.379 e. The van der Waals surface area contributed by atoms with Crippen LogP contribution >= 0.6 is 11.8 Å². The molecular weight excluding hydrogens is 316 g/mol. The van der Waals surface area contributed by atoms with E-state index < -0.39 is 0 Å². The first-order valence-corrected chi connectivity index (χ1v) is 9.14. The second-order valence-corrected chi connectivity index (χ2v) is 6.95. The van der Waals surface area contributed by atoms with Gasteiger partial charge in [-0.05, 0) is 18.2 Å². The van der Waals surface area contributed by atoms with E-state index >= 15 is 0 Å². The molecule has 1 aromatic heterocycles. The van der Waals surface area contributed by atoms with Crippen molar-refractivity contribution in [1.82, 2.24) is 20.0 Å². The summed E-state index contributed by atoms with van der Waals surface area (Å²) < 4.78 is 5.40. The molecule has 7 nitrogen and oxygen atoms in total. The number of nitrogens with one attached hydrogen (secondary N) is 1. The van der Waals surface area contributed by atoms with Crippen LogP contribution in [0.2, 0.25) is 0 Å². The average molecular weight is 338 g/mol. The molecule has 1 unspecified atom stereocenters. The molecule has 0 spiro atoms. The molecule has 1 N–H and O–H groups in total. The van der Waals surface area contributed by atoms with E-state index in [2.05, 4.69) is 15.1 Å². The lowest BCUT2D eigenvalue weighted by atomic mass is 10.2.